The van der Waals surface area contributed by atoms with Gasteiger partial charge in [-0.1, -0.05) is 23.2 Å². The van der Waals surface area contributed by atoms with Crippen LogP contribution >= 0.6 is 11.6 Å². The fourth-order valence-electron chi connectivity index (χ4n) is 1.29. The van der Waals surface area contributed by atoms with E-state index in [9.17, 15) is 5.11 Å². The number of nitrogens with zero attached hydrogens (tertiary/aromatic N) is 1. The predicted octanol–water partition coefficient (Wildman–Crippen LogP) is 2.90. The Hall–Kier alpha value is -1.28. The first-order chi connectivity index (χ1) is 6.16. The van der Waals surface area contributed by atoms with Gasteiger partial charge in [0.2, 0.25) is 5.88 Å². The molecule has 0 amide bonds. The van der Waals surface area contributed by atoms with E-state index in [1.807, 2.05) is 25.1 Å². The van der Waals surface area contributed by atoms with Gasteiger partial charge in [0.05, 0.1) is 10.5 Å². The van der Waals surface area contributed by atoms with Gasteiger partial charge < -0.3 is 5.11 Å². The van der Waals surface area contributed by atoms with Crippen LogP contribution in [0.25, 0.3) is 10.9 Å². The van der Waals surface area contributed by atoms with Crippen LogP contribution in [0.3, 0.4) is 0 Å². The molecular weight excluding hydrogens is 186 g/mol. The Morgan fingerprint density at radius 3 is 2.85 bits per heavy atom. The number of pyridine rings is 1. The molecule has 1 aromatic heterocycles. The highest BCUT2D eigenvalue weighted by Gasteiger charge is 2.02. The SMILES string of the molecule is Cc1ccc2nc(O)cc(Cl)c2c1. The number of fused-ring (bicyclic) bond motifs is 1. The molecule has 0 saturated heterocycles. The molecule has 13 heavy (non-hydrogen) atoms. The van der Waals surface area contributed by atoms with E-state index in [1.165, 1.54) is 6.07 Å². The highest BCUT2D eigenvalue weighted by molar-refractivity contribution is 6.35. The zero-order valence-electron chi connectivity index (χ0n) is 7.08. The zero-order valence-corrected chi connectivity index (χ0v) is 7.84. The number of rotatable bonds is 0. The molecule has 0 aliphatic carbocycles. The highest BCUT2D eigenvalue weighted by Crippen LogP contribution is 2.26. The van der Waals surface area contributed by atoms with Gasteiger partial charge in [-0.2, -0.15) is 0 Å². The molecule has 0 radical (unpaired) electrons. The maximum absolute atomic E-state index is 9.18. The molecule has 0 bridgehead atoms. The summed E-state index contributed by atoms with van der Waals surface area (Å²) in [6.45, 7) is 1.99. The van der Waals surface area contributed by atoms with Crippen molar-refractivity contribution < 1.29 is 5.11 Å². The maximum Gasteiger partial charge on any atom is 0.212 e. The molecule has 1 N–H and O–H groups in total. The van der Waals surface area contributed by atoms with Crippen LogP contribution in [0.1, 0.15) is 5.56 Å². The molecule has 1 heterocycles. The quantitative estimate of drug-likeness (QED) is 0.698. The summed E-state index contributed by atoms with van der Waals surface area (Å²) in [5.41, 5.74) is 1.84. The van der Waals surface area contributed by atoms with Crippen LogP contribution in [0.2, 0.25) is 5.02 Å². The molecule has 2 rings (SSSR count). The van der Waals surface area contributed by atoms with Gasteiger partial charge in [-0.25, -0.2) is 4.98 Å². The van der Waals surface area contributed by atoms with Crippen molar-refractivity contribution in [3.8, 4) is 5.88 Å². The van der Waals surface area contributed by atoms with Gasteiger partial charge in [-0.15, -0.1) is 0 Å². The number of benzene rings is 1. The van der Waals surface area contributed by atoms with Crippen LogP contribution in [0.4, 0.5) is 0 Å². The summed E-state index contributed by atoms with van der Waals surface area (Å²) in [5.74, 6) is -0.0404. The number of aromatic nitrogens is 1. The summed E-state index contributed by atoms with van der Waals surface area (Å²) in [7, 11) is 0. The lowest BCUT2D eigenvalue weighted by atomic mass is 10.1. The predicted molar refractivity (Wildman–Crippen MR) is 53.2 cm³/mol. The first-order valence-corrected chi connectivity index (χ1v) is 4.30. The Morgan fingerprint density at radius 1 is 1.31 bits per heavy atom. The minimum absolute atomic E-state index is 0.0404. The van der Waals surface area contributed by atoms with E-state index in [0.29, 0.717) is 5.02 Å². The lowest BCUT2D eigenvalue weighted by Crippen LogP contribution is -1.81. The summed E-state index contributed by atoms with van der Waals surface area (Å²) in [6.07, 6.45) is 0. The van der Waals surface area contributed by atoms with Crippen LogP contribution in [0.15, 0.2) is 24.3 Å². The van der Waals surface area contributed by atoms with Crippen molar-refractivity contribution in [2.24, 2.45) is 0 Å². The van der Waals surface area contributed by atoms with E-state index < -0.39 is 0 Å². The summed E-state index contributed by atoms with van der Waals surface area (Å²) in [4.78, 5) is 3.95. The number of hydrogen-bond donors (Lipinski definition) is 1. The minimum Gasteiger partial charge on any atom is -0.493 e. The van der Waals surface area contributed by atoms with Crippen molar-refractivity contribution in [3.05, 3.63) is 34.9 Å². The van der Waals surface area contributed by atoms with E-state index in [2.05, 4.69) is 4.98 Å². The van der Waals surface area contributed by atoms with E-state index >= 15 is 0 Å². The normalized spacial score (nSPS) is 10.6. The Balaban J connectivity index is 2.87. The average molecular weight is 194 g/mol. The Kier molecular flexibility index (Phi) is 1.85. The third-order valence-electron chi connectivity index (χ3n) is 1.90. The fourth-order valence-corrected chi connectivity index (χ4v) is 1.53. The second-order valence-corrected chi connectivity index (χ2v) is 3.39. The maximum atomic E-state index is 9.18. The van der Waals surface area contributed by atoms with Crippen LogP contribution in [0.5, 0.6) is 5.88 Å². The molecule has 0 fully saturated rings. The standard InChI is InChI=1S/C10H8ClNO/c1-6-2-3-9-7(4-6)8(11)5-10(13)12-9/h2-5H,1H3,(H,12,13). The van der Waals surface area contributed by atoms with E-state index in [1.54, 1.807) is 0 Å². The smallest absolute Gasteiger partial charge is 0.212 e. The van der Waals surface area contributed by atoms with E-state index in [0.717, 1.165) is 16.5 Å². The molecule has 0 aliphatic rings. The second kappa shape index (κ2) is 2.89. The van der Waals surface area contributed by atoms with Crippen LogP contribution in [0, 0.1) is 6.92 Å². The minimum atomic E-state index is -0.0404. The monoisotopic (exact) mass is 193 g/mol. The Morgan fingerprint density at radius 2 is 2.08 bits per heavy atom. The van der Waals surface area contributed by atoms with Crippen molar-refractivity contribution in [2.75, 3.05) is 0 Å². The third-order valence-corrected chi connectivity index (χ3v) is 2.21. The lowest BCUT2D eigenvalue weighted by molar-refractivity contribution is 0.456. The highest BCUT2D eigenvalue weighted by atomic mass is 35.5. The molecule has 0 spiro atoms. The molecule has 0 unspecified atom stereocenters. The number of aromatic hydroxyl groups is 1. The summed E-state index contributed by atoms with van der Waals surface area (Å²) in [5, 5.41) is 10.6. The van der Waals surface area contributed by atoms with Crippen molar-refractivity contribution in [3.63, 3.8) is 0 Å². The zero-order chi connectivity index (χ0) is 9.42. The van der Waals surface area contributed by atoms with Crippen LogP contribution in [-0.4, -0.2) is 10.1 Å². The van der Waals surface area contributed by atoms with Crippen LogP contribution < -0.4 is 0 Å². The van der Waals surface area contributed by atoms with Crippen molar-refractivity contribution in [1.82, 2.24) is 4.98 Å². The van der Waals surface area contributed by atoms with Crippen molar-refractivity contribution in [2.45, 2.75) is 6.92 Å². The lowest BCUT2D eigenvalue weighted by Gasteiger charge is -2.01. The van der Waals surface area contributed by atoms with Gasteiger partial charge in [-0.05, 0) is 19.1 Å². The van der Waals surface area contributed by atoms with Gasteiger partial charge >= 0.3 is 0 Å². The van der Waals surface area contributed by atoms with Crippen LogP contribution in [-0.2, 0) is 0 Å². The van der Waals surface area contributed by atoms with Gasteiger partial charge in [0.1, 0.15) is 0 Å². The molecule has 2 aromatic rings. The number of aryl methyl sites for hydroxylation is 1. The van der Waals surface area contributed by atoms with Gasteiger partial charge in [0, 0.05) is 11.5 Å². The second-order valence-electron chi connectivity index (χ2n) is 2.98. The molecule has 0 aliphatic heterocycles. The molecule has 3 heteroatoms. The summed E-state index contributed by atoms with van der Waals surface area (Å²) in [6, 6.07) is 7.18. The molecule has 0 atom stereocenters. The van der Waals surface area contributed by atoms with Gasteiger partial charge in [-0.3, -0.25) is 0 Å². The van der Waals surface area contributed by atoms with E-state index in [4.69, 9.17) is 11.6 Å². The van der Waals surface area contributed by atoms with Crippen molar-refractivity contribution in [1.29, 1.82) is 0 Å². The number of halogens is 1. The topological polar surface area (TPSA) is 33.1 Å². The molecule has 0 saturated carbocycles. The Labute approximate surface area is 80.8 Å². The fraction of sp³-hybridized carbons (Fsp3) is 0.100. The number of hydrogen-bond acceptors (Lipinski definition) is 2. The largest absolute Gasteiger partial charge is 0.493 e. The summed E-state index contributed by atoms with van der Waals surface area (Å²) >= 11 is 5.93. The van der Waals surface area contributed by atoms with Crippen molar-refractivity contribution >= 4 is 22.5 Å². The third kappa shape index (κ3) is 1.45. The molecule has 1 aromatic carbocycles. The molecular formula is C10H8ClNO. The Bertz CT molecular complexity index is 468. The molecule has 2 nitrogen and oxygen atoms in total. The first-order valence-electron chi connectivity index (χ1n) is 3.93. The average Bonchev–Trinajstić information content (AvgIpc) is 2.06. The first kappa shape index (κ1) is 8.32. The van der Waals surface area contributed by atoms with Gasteiger partial charge in [0.15, 0.2) is 0 Å². The van der Waals surface area contributed by atoms with Gasteiger partial charge in [0.25, 0.3) is 0 Å². The molecule has 66 valence electrons. The van der Waals surface area contributed by atoms with E-state index in [-0.39, 0.29) is 5.88 Å². The summed E-state index contributed by atoms with van der Waals surface area (Å²) < 4.78 is 0.